The summed E-state index contributed by atoms with van der Waals surface area (Å²) in [5.41, 5.74) is 2.12. The highest BCUT2D eigenvalue weighted by Crippen LogP contribution is 2.38. The highest BCUT2D eigenvalue weighted by atomic mass is 35.5. The lowest BCUT2D eigenvalue weighted by atomic mass is 10.1. The maximum Gasteiger partial charge on any atom is 0.344 e. The standard InChI is InChI=1S/C28H22Cl2N2O6S/c1-2-37-24(33)16-38-25-21(29)12-18(13-22(25)30)14-23-26(34)32(15-17-8-10-19(11-9-17)27(35)36)28(39-23)31-20-6-4-3-5-7-20/h3-14H,2,15-16H2,1H3,(H,35,36)/b23-14-,31-28?. The molecule has 3 aromatic rings. The van der Waals surface area contributed by atoms with E-state index in [1.165, 1.54) is 28.8 Å². The first-order valence-electron chi connectivity index (χ1n) is 11.7. The van der Waals surface area contributed by atoms with Gasteiger partial charge in [-0.1, -0.05) is 53.5 Å². The van der Waals surface area contributed by atoms with Crippen LogP contribution in [0.25, 0.3) is 6.08 Å². The highest BCUT2D eigenvalue weighted by Gasteiger charge is 2.33. The van der Waals surface area contributed by atoms with Crippen molar-refractivity contribution in [1.29, 1.82) is 0 Å². The molecule has 8 nitrogen and oxygen atoms in total. The zero-order valence-electron chi connectivity index (χ0n) is 20.6. The lowest BCUT2D eigenvalue weighted by Crippen LogP contribution is -2.28. The minimum atomic E-state index is -1.03. The fourth-order valence-electron chi connectivity index (χ4n) is 3.56. The molecule has 0 radical (unpaired) electrons. The second kappa shape index (κ2) is 12.8. The summed E-state index contributed by atoms with van der Waals surface area (Å²) in [6.07, 6.45) is 1.65. The number of ether oxygens (including phenoxy) is 2. The second-order valence-electron chi connectivity index (χ2n) is 8.14. The number of benzene rings is 3. The molecule has 1 fully saturated rings. The van der Waals surface area contributed by atoms with Crippen molar-refractivity contribution in [3.63, 3.8) is 0 Å². The van der Waals surface area contributed by atoms with Crippen molar-refractivity contribution < 1.29 is 29.0 Å². The third-order valence-corrected chi connectivity index (χ3v) is 6.94. The number of carbonyl (C=O) groups is 3. The van der Waals surface area contributed by atoms with Gasteiger partial charge in [-0.2, -0.15) is 0 Å². The molecule has 1 amide bonds. The first-order valence-corrected chi connectivity index (χ1v) is 13.3. The number of rotatable bonds is 9. The molecule has 1 saturated heterocycles. The van der Waals surface area contributed by atoms with Gasteiger partial charge in [0.1, 0.15) is 0 Å². The number of thioether (sulfide) groups is 1. The van der Waals surface area contributed by atoms with Crippen molar-refractivity contribution in [2.24, 2.45) is 4.99 Å². The molecule has 0 spiro atoms. The molecule has 4 rings (SSSR count). The van der Waals surface area contributed by atoms with E-state index in [9.17, 15) is 19.5 Å². The van der Waals surface area contributed by atoms with Gasteiger partial charge < -0.3 is 14.6 Å². The lowest BCUT2D eigenvalue weighted by Gasteiger charge is -2.16. The maximum atomic E-state index is 13.5. The predicted molar refractivity (Wildman–Crippen MR) is 152 cm³/mol. The number of esters is 1. The molecule has 0 saturated carbocycles. The number of carboxylic acids is 1. The molecule has 1 aliphatic heterocycles. The number of amidine groups is 1. The summed E-state index contributed by atoms with van der Waals surface area (Å²) in [6.45, 7) is 1.76. The van der Waals surface area contributed by atoms with Gasteiger partial charge in [-0.05, 0) is 72.3 Å². The number of carbonyl (C=O) groups excluding carboxylic acids is 2. The number of halogens is 2. The van der Waals surface area contributed by atoms with Crippen molar-refractivity contribution in [2.45, 2.75) is 13.5 Å². The predicted octanol–water partition coefficient (Wildman–Crippen LogP) is 6.44. The Labute approximate surface area is 238 Å². The van der Waals surface area contributed by atoms with Crippen LogP contribution in [-0.4, -0.2) is 46.2 Å². The van der Waals surface area contributed by atoms with Gasteiger partial charge in [0.05, 0.1) is 39.4 Å². The van der Waals surface area contributed by atoms with Crippen LogP contribution < -0.4 is 4.74 Å². The quantitative estimate of drug-likeness (QED) is 0.228. The molecule has 0 aliphatic carbocycles. The van der Waals surface area contributed by atoms with E-state index in [4.69, 9.17) is 32.7 Å². The van der Waals surface area contributed by atoms with E-state index < -0.39 is 11.9 Å². The number of nitrogens with zero attached hydrogens (tertiary/aromatic N) is 2. The van der Waals surface area contributed by atoms with E-state index in [0.29, 0.717) is 21.3 Å². The number of hydrogen-bond donors (Lipinski definition) is 1. The van der Waals surface area contributed by atoms with Gasteiger partial charge in [-0.25, -0.2) is 14.6 Å². The molecule has 200 valence electrons. The number of para-hydroxylation sites is 1. The van der Waals surface area contributed by atoms with Crippen molar-refractivity contribution in [2.75, 3.05) is 13.2 Å². The molecule has 0 bridgehead atoms. The fraction of sp³-hybridized carbons (Fsp3) is 0.143. The summed E-state index contributed by atoms with van der Waals surface area (Å²) in [4.78, 5) is 42.9. The van der Waals surface area contributed by atoms with Crippen LogP contribution in [0.4, 0.5) is 5.69 Å². The third-order valence-electron chi connectivity index (χ3n) is 5.37. The average Bonchev–Trinajstić information content (AvgIpc) is 3.18. The van der Waals surface area contributed by atoms with Gasteiger partial charge in [0.2, 0.25) is 0 Å². The molecule has 0 unspecified atom stereocenters. The monoisotopic (exact) mass is 584 g/mol. The molecule has 3 aromatic carbocycles. The van der Waals surface area contributed by atoms with E-state index in [1.54, 1.807) is 37.3 Å². The smallest absolute Gasteiger partial charge is 0.344 e. The van der Waals surface area contributed by atoms with Crippen LogP contribution in [0.3, 0.4) is 0 Å². The van der Waals surface area contributed by atoms with Gasteiger partial charge in [-0.3, -0.25) is 9.69 Å². The van der Waals surface area contributed by atoms with Crippen molar-refractivity contribution in [3.8, 4) is 5.75 Å². The molecule has 1 N–H and O–H groups in total. The zero-order valence-corrected chi connectivity index (χ0v) is 22.9. The van der Waals surface area contributed by atoms with Crippen molar-refractivity contribution >= 4 is 69.7 Å². The van der Waals surface area contributed by atoms with E-state index in [-0.39, 0.29) is 47.0 Å². The Morgan fingerprint density at radius 3 is 2.33 bits per heavy atom. The topological polar surface area (TPSA) is 106 Å². The van der Waals surface area contributed by atoms with Crippen LogP contribution in [0.15, 0.2) is 76.6 Å². The Morgan fingerprint density at radius 2 is 1.72 bits per heavy atom. The van der Waals surface area contributed by atoms with Crippen LogP contribution in [0.1, 0.15) is 28.4 Å². The van der Waals surface area contributed by atoms with E-state index >= 15 is 0 Å². The molecule has 39 heavy (non-hydrogen) atoms. The summed E-state index contributed by atoms with van der Waals surface area (Å²) in [5.74, 6) is -1.73. The van der Waals surface area contributed by atoms with E-state index in [1.807, 2.05) is 30.3 Å². The number of aromatic carboxylic acids is 1. The Balaban J connectivity index is 1.62. The number of amides is 1. The zero-order chi connectivity index (χ0) is 27.9. The first-order chi connectivity index (χ1) is 18.7. The highest BCUT2D eigenvalue weighted by molar-refractivity contribution is 8.18. The summed E-state index contributed by atoms with van der Waals surface area (Å²) < 4.78 is 10.3. The molecular formula is C28H22Cl2N2O6S. The van der Waals surface area contributed by atoms with E-state index in [0.717, 1.165) is 5.56 Å². The fourth-order valence-corrected chi connectivity index (χ4v) is 5.18. The van der Waals surface area contributed by atoms with Crippen molar-refractivity contribution in [3.05, 3.63) is 98.4 Å². The average molecular weight is 585 g/mol. The van der Waals surface area contributed by atoms with Crippen LogP contribution >= 0.6 is 35.0 Å². The van der Waals surface area contributed by atoms with Crippen molar-refractivity contribution in [1.82, 2.24) is 4.90 Å². The number of hydrogen-bond acceptors (Lipinski definition) is 7. The van der Waals surface area contributed by atoms with Gasteiger partial charge >= 0.3 is 11.9 Å². The normalized spacial score (nSPS) is 15.2. The lowest BCUT2D eigenvalue weighted by molar-refractivity contribution is -0.145. The van der Waals surface area contributed by atoms with Gasteiger partial charge in [0.25, 0.3) is 5.91 Å². The summed E-state index contributed by atoms with van der Waals surface area (Å²) in [6, 6.07) is 18.7. The van der Waals surface area contributed by atoms with Crippen LogP contribution in [0, 0.1) is 0 Å². The number of aliphatic imine (C=N–C) groups is 1. The van der Waals surface area contributed by atoms with E-state index in [2.05, 4.69) is 4.99 Å². The Bertz CT molecular complexity index is 1440. The summed E-state index contributed by atoms with van der Waals surface area (Å²) in [7, 11) is 0. The minimum Gasteiger partial charge on any atom is -0.479 e. The molecule has 1 aliphatic rings. The third kappa shape index (κ3) is 7.20. The second-order valence-corrected chi connectivity index (χ2v) is 9.96. The Morgan fingerprint density at radius 1 is 1.05 bits per heavy atom. The van der Waals surface area contributed by atoms with Crippen LogP contribution in [-0.2, 0) is 20.9 Å². The first kappa shape index (κ1) is 28.2. The largest absolute Gasteiger partial charge is 0.479 e. The molecule has 1 heterocycles. The molecule has 11 heteroatoms. The van der Waals surface area contributed by atoms with Crippen LogP contribution in [0.5, 0.6) is 5.75 Å². The van der Waals surface area contributed by atoms with Gasteiger partial charge in [-0.15, -0.1) is 0 Å². The van der Waals surface area contributed by atoms with Gasteiger partial charge in [0, 0.05) is 0 Å². The summed E-state index contributed by atoms with van der Waals surface area (Å²) >= 11 is 13.9. The number of carboxylic acid groups (broad SMARTS) is 1. The van der Waals surface area contributed by atoms with Crippen LogP contribution in [0.2, 0.25) is 10.0 Å². The summed E-state index contributed by atoms with van der Waals surface area (Å²) in [5, 5.41) is 9.98. The molecule has 0 atom stereocenters. The molecule has 0 aromatic heterocycles. The SMILES string of the molecule is CCOC(=O)COc1c(Cl)cc(/C=C2\SC(=Nc3ccccc3)N(Cc3ccc(C(=O)O)cc3)C2=O)cc1Cl. The molecular weight excluding hydrogens is 563 g/mol. The van der Waals surface area contributed by atoms with Gasteiger partial charge in [0.15, 0.2) is 17.5 Å². The Hall–Kier alpha value is -3.79. The Kier molecular flexibility index (Phi) is 9.29. The minimum absolute atomic E-state index is 0.136. The maximum absolute atomic E-state index is 13.5.